The van der Waals surface area contributed by atoms with Gasteiger partial charge in [0.15, 0.2) is 0 Å². The van der Waals surface area contributed by atoms with Gasteiger partial charge in [-0.05, 0) is 135 Å². The lowest BCUT2D eigenvalue weighted by molar-refractivity contribution is 0.670. The highest BCUT2D eigenvalue weighted by Gasteiger charge is 2.24. The van der Waals surface area contributed by atoms with E-state index in [1.165, 1.54) is 97.3 Å². The minimum absolute atomic E-state index is 0.911. The lowest BCUT2D eigenvalue weighted by Crippen LogP contribution is -1.92. The molecule has 0 fully saturated rings. The Balaban J connectivity index is 1.09. The molecule has 0 aliphatic rings. The van der Waals surface area contributed by atoms with Crippen LogP contribution in [0.1, 0.15) is 0 Å². The minimum atomic E-state index is 0.911. The molecule has 14 aromatic rings. The third kappa shape index (κ3) is 4.01. The second kappa shape index (κ2) is 11.0. The monoisotopic (exact) mass is 734 g/mol. The lowest BCUT2D eigenvalue weighted by atomic mass is 9.84. The molecule has 266 valence electrons. The SMILES string of the molecule is c1ccc2cc3c(cc2c1)oc1c(-c2cc4cccc5c(-c6cc7ccccc7c7c6oc6cc8ccccc8cc67)cc6cccc2c6c45)cc2ccccc2c13. The van der Waals surface area contributed by atoms with Crippen molar-refractivity contribution in [3.63, 3.8) is 0 Å². The van der Waals surface area contributed by atoms with Gasteiger partial charge < -0.3 is 8.83 Å². The standard InChI is InChI=1S/C56H30O2/c1-3-13-33-29-49-47(23-31(33)11-1)53-39-19-7-5-15-35(39)25-45(55(53)57-49)43-27-37-17-10-22-42-44(28-38-18-9-21-41(43)51(38)52(37)42)46-26-36-16-6-8-20-40(36)54-48-24-32-12-2-4-14-34(32)30-50(48)58-56(46)54/h1-30H. The quantitative estimate of drug-likeness (QED) is 0.165. The van der Waals surface area contributed by atoms with Crippen molar-refractivity contribution in [3.8, 4) is 22.3 Å². The first kappa shape index (κ1) is 30.5. The Labute approximate surface area is 331 Å². The van der Waals surface area contributed by atoms with Gasteiger partial charge in [0.1, 0.15) is 22.3 Å². The van der Waals surface area contributed by atoms with Crippen LogP contribution in [0.3, 0.4) is 0 Å². The summed E-state index contributed by atoms with van der Waals surface area (Å²) in [5.41, 5.74) is 8.25. The smallest absolute Gasteiger partial charge is 0.143 e. The fourth-order valence-corrected chi connectivity index (χ4v) is 10.3. The summed E-state index contributed by atoms with van der Waals surface area (Å²) in [6, 6.07) is 66.6. The van der Waals surface area contributed by atoms with Crippen LogP contribution in [0.4, 0.5) is 0 Å². The summed E-state index contributed by atoms with van der Waals surface area (Å²) in [5.74, 6) is 0. The maximum absolute atomic E-state index is 6.96. The zero-order valence-electron chi connectivity index (χ0n) is 31.1. The number of furan rings is 2. The molecule has 58 heavy (non-hydrogen) atoms. The molecule has 0 atom stereocenters. The predicted octanol–water partition coefficient (Wildman–Crippen LogP) is 16.3. The van der Waals surface area contributed by atoms with Crippen molar-refractivity contribution in [1.29, 1.82) is 0 Å². The zero-order chi connectivity index (χ0) is 37.6. The van der Waals surface area contributed by atoms with Gasteiger partial charge in [-0.15, -0.1) is 0 Å². The third-order valence-corrected chi connectivity index (χ3v) is 12.9. The Morgan fingerprint density at radius 1 is 0.224 bits per heavy atom. The molecule has 0 N–H and O–H groups in total. The largest absolute Gasteiger partial charge is 0.455 e. The highest BCUT2D eigenvalue weighted by atomic mass is 16.3. The van der Waals surface area contributed by atoms with E-state index >= 15 is 0 Å². The fraction of sp³-hybridized carbons (Fsp3) is 0. The average Bonchev–Trinajstić information content (AvgIpc) is 3.84. The molecule has 0 spiro atoms. The van der Waals surface area contributed by atoms with Crippen molar-refractivity contribution in [2.45, 2.75) is 0 Å². The van der Waals surface area contributed by atoms with Crippen molar-refractivity contribution < 1.29 is 8.83 Å². The highest BCUT2D eigenvalue weighted by molar-refractivity contribution is 6.33. The van der Waals surface area contributed by atoms with Gasteiger partial charge >= 0.3 is 0 Å². The van der Waals surface area contributed by atoms with Gasteiger partial charge in [-0.3, -0.25) is 0 Å². The molecule has 0 radical (unpaired) electrons. The molecule has 0 unspecified atom stereocenters. The molecular weight excluding hydrogens is 705 g/mol. The van der Waals surface area contributed by atoms with E-state index in [0.29, 0.717) is 0 Å². The summed E-state index contributed by atoms with van der Waals surface area (Å²) in [6.07, 6.45) is 0. The van der Waals surface area contributed by atoms with Gasteiger partial charge in [-0.1, -0.05) is 133 Å². The van der Waals surface area contributed by atoms with Gasteiger partial charge in [0.05, 0.1) is 0 Å². The first-order valence-electron chi connectivity index (χ1n) is 20.0. The van der Waals surface area contributed by atoms with Crippen LogP contribution < -0.4 is 0 Å². The van der Waals surface area contributed by atoms with Crippen molar-refractivity contribution >= 4 is 119 Å². The average molecular weight is 735 g/mol. The van der Waals surface area contributed by atoms with Gasteiger partial charge in [-0.2, -0.15) is 0 Å². The first-order chi connectivity index (χ1) is 28.7. The summed E-state index contributed by atoms with van der Waals surface area (Å²) in [5, 5.41) is 21.6. The van der Waals surface area contributed by atoms with Crippen LogP contribution in [0.5, 0.6) is 0 Å². The summed E-state index contributed by atoms with van der Waals surface area (Å²) in [4.78, 5) is 0. The van der Waals surface area contributed by atoms with Crippen LogP contribution in [0.25, 0.3) is 142 Å². The second-order valence-corrected chi connectivity index (χ2v) is 15.9. The molecule has 0 bridgehead atoms. The van der Waals surface area contributed by atoms with Crippen molar-refractivity contribution in [2.24, 2.45) is 0 Å². The van der Waals surface area contributed by atoms with Crippen LogP contribution >= 0.6 is 0 Å². The van der Waals surface area contributed by atoms with E-state index in [-0.39, 0.29) is 0 Å². The molecule has 2 nitrogen and oxygen atoms in total. The van der Waals surface area contributed by atoms with Crippen molar-refractivity contribution in [2.75, 3.05) is 0 Å². The van der Waals surface area contributed by atoms with Crippen LogP contribution in [0.2, 0.25) is 0 Å². The van der Waals surface area contributed by atoms with Crippen LogP contribution in [-0.4, -0.2) is 0 Å². The first-order valence-corrected chi connectivity index (χ1v) is 20.0. The van der Waals surface area contributed by atoms with Crippen LogP contribution in [-0.2, 0) is 0 Å². The number of hydrogen-bond acceptors (Lipinski definition) is 2. The van der Waals surface area contributed by atoms with Gasteiger partial charge in [0.2, 0.25) is 0 Å². The van der Waals surface area contributed by atoms with Gasteiger partial charge in [-0.25, -0.2) is 0 Å². The number of hydrogen-bond donors (Lipinski definition) is 0. The molecule has 0 aliphatic carbocycles. The maximum Gasteiger partial charge on any atom is 0.143 e. The summed E-state index contributed by atoms with van der Waals surface area (Å²) in [7, 11) is 0. The van der Waals surface area contributed by atoms with Crippen LogP contribution in [0.15, 0.2) is 191 Å². The van der Waals surface area contributed by atoms with E-state index in [2.05, 4.69) is 182 Å². The topological polar surface area (TPSA) is 26.3 Å². The highest BCUT2D eigenvalue weighted by Crippen LogP contribution is 2.50. The molecule has 0 aliphatic heterocycles. The summed E-state index contributed by atoms with van der Waals surface area (Å²) in [6.45, 7) is 0. The molecule has 2 heterocycles. The van der Waals surface area contributed by atoms with E-state index in [9.17, 15) is 0 Å². The predicted molar refractivity (Wildman–Crippen MR) is 246 cm³/mol. The minimum Gasteiger partial charge on any atom is -0.455 e. The van der Waals surface area contributed by atoms with E-state index in [0.717, 1.165) is 44.2 Å². The fourth-order valence-electron chi connectivity index (χ4n) is 10.3. The molecule has 0 amide bonds. The van der Waals surface area contributed by atoms with Gasteiger partial charge in [0, 0.05) is 32.7 Å². The van der Waals surface area contributed by atoms with Crippen molar-refractivity contribution in [3.05, 3.63) is 182 Å². The molecule has 14 rings (SSSR count). The lowest BCUT2D eigenvalue weighted by Gasteiger charge is -2.18. The number of rotatable bonds is 2. The Morgan fingerprint density at radius 3 is 1.02 bits per heavy atom. The normalized spacial score (nSPS) is 12.5. The maximum atomic E-state index is 6.96. The van der Waals surface area contributed by atoms with Crippen molar-refractivity contribution in [1.82, 2.24) is 0 Å². The Bertz CT molecular complexity index is 3820. The Morgan fingerprint density at radius 2 is 0.569 bits per heavy atom. The molecule has 12 aromatic carbocycles. The Hall–Kier alpha value is -7.68. The molecular formula is C56H30O2. The number of benzene rings is 12. The van der Waals surface area contributed by atoms with E-state index in [4.69, 9.17) is 8.83 Å². The molecule has 0 saturated carbocycles. The molecule has 0 saturated heterocycles. The van der Waals surface area contributed by atoms with E-state index < -0.39 is 0 Å². The Kier molecular flexibility index (Phi) is 5.79. The van der Waals surface area contributed by atoms with E-state index in [1.807, 2.05) is 0 Å². The van der Waals surface area contributed by atoms with E-state index in [1.54, 1.807) is 0 Å². The molecule has 2 heteroatoms. The summed E-state index contributed by atoms with van der Waals surface area (Å²) >= 11 is 0. The second-order valence-electron chi connectivity index (χ2n) is 15.9. The number of fused-ring (bicyclic) bond motifs is 12. The zero-order valence-corrected chi connectivity index (χ0v) is 31.1. The summed E-state index contributed by atoms with van der Waals surface area (Å²) < 4.78 is 13.9. The van der Waals surface area contributed by atoms with Gasteiger partial charge in [0.25, 0.3) is 0 Å². The van der Waals surface area contributed by atoms with Crippen LogP contribution in [0, 0.1) is 0 Å². The third-order valence-electron chi connectivity index (χ3n) is 12.9. The molecule has 2 aromatic heterocycles.